The second-order valence-electron chi connectivity index (χ2n) is 6.26. The number of nitrogens with zero attached hydrogens (tertiary/aromatic N) is 2. The number of aromatic nitrogens is 2. The predicted octanol–water partition coefficient (Wildman–Crippen LogP) is 2.05. The van der Waals surface area contributed by atoms with Crippen molar-refractivity contribution in [2.24, 2.45) is 11.5 Å². The average Bonchev–Trinajstić information content (AvgIpc) is 2.75. The van der Waals surface area contributed by atoms with Gasteiger partial charge in [0.25, 0.3) is 11.8 Å². The van der Waals surface area contributed by atoms with E-state index in [-0.39, 0.29) is 35.6 Å². The number of rotatable bonds is 6. The summed E-state index contributed by atoms with van der Waals surface area (Å²) in [6, 6.07) is 7.85. The maximum absolute atomic E-state index is 13.3. The van der Waals surface area contributed by atoms with Crippen molar-refractivity contribution in [3.63, 3.8) is 0 Å². The number of primary amides is 1. The maximum atomic E-state index is 13.3. The Bertz CT molecular complexity index is 1110. The van der Waals surface area contributed by atoms with Crippen LogP contribution in [0.4, 0.5) is 13.2 Å². The summed E-state index contributed by atoms with van der Waals surface area (Å²) >= 11 is 0. The molecule has 1 aromatic heterocycles. The number of carbonyl (C=O) groups is 2. The number of nitrogens with two attached hydrogens (primary N) is 2. The molecule has 2 aromatic carbocycles. The molecule has 0 fully saturated rings. The second-order valence-corrected chi connectivity index (χ2v) is 6.26. The van der Waals surface area contributed by atoms with Crippen LogP contribution >= 0.6 is 0 Å². The fourth-order valence-corrected chi connectivity index (χ4v) is 2.71. The normalized spacial score (nSPS) is 10.7. The molecule has 0 saturated carbocycles. The number of benzene rings is 2. The Labute approximate surface area is 168 Å². The van der Waals surface area contributed by atoms with E-state index in [2.05, 4.69) is 15.3 Å². The topological polar surface area (TPSA) is 124 Å². The van der Waals surface area contributed by atoms with Crippen LogP contribution in [-0.2, 0) is 13.1 Å². The minimum atomic E-state index is -1.57. The first-order valence-electron chi connectivity index (χ1n) is 8.68. The lowest BCUT2D eigenvalue weighted by Gasteiger charge is -2.09. The van der Waals surface area contributed by atoms with Crippen molar-refractivity contribution in [3.05, 3.63) is 82.6 Å². The number of halogens is 3. The third-order valence-electron chi connectivity index (χ3n) is 4.19. The van der Waals surface area contributed by atoms with Crippen LogP contribution < -0.4 is 16.8 Å². The lowest BCUT2D eigenvalue weighted by atomic mass is 10.1. The largest absolute Gasteiger partial charge is 0.364 e. The lowest BCUT2D eigenvalue weighted by molar-refractivity contribution is 0.0949. The van der Waals surface area contributed by atoms with Crippen LogP contribution in [0.5, 0.6) is 0 Å². The molecule has 7 nitrogen and oxygen atoms in total. The van der Waals surface area contributed by atoms with Gasteiger partial charge < -0.3 is 16.8 Å². The lowest BCUT2D eigenvalue weighted by Crippen LogP contribution is -2.23. The van der Waals surface area contributed by atoms with Gasteiger partial charge in [0.2, 0.25) is 0 Å². The Morgan fingerprint density at radius 3 is 2.40 bits per heavy atom. The van der Waals surface area contributed by atoms with Gasteiger partial charge in [0.1, 0.15) is 0 Å². The molecule has 10 heteroatoms. The minimum absolute atomic E-state index is 0.0153. The minimum Gasteiger partial charge on any atom is -0.364 e. The molecule has 1 heterocycles. The van der Waals surface area contributed by atoms with E-state index in [0.717, 1.165) is 12.1 Å². The third-order valence-corrected chi connectivity index (χ3v) is 4.19. The molecule has 0 aliphatic heterocycles. The second kappa shape index (κ2) is 8.70. The molecule has 0 aliphatic rings. The van der Waals surface area contributed by atoms with Crippen molar-refractivity contribution in [1.82, 2.24) is 15.3 Å². The summed E-state index contributed by atoms with van der Waals surface area (Å²) < 4.78 is 39.6. The van der Waals surface area contributed by atoms with Crippen LogP contribution in [0.3, 0.4) is 0 Å². The van der Waals surface area contributed by atoms with E-state index in [4.69, 9.17) is 11.5 Å². The zero-order chi connectivity index (χ0) is 21.8. The molecule has 0 atom stereocenters. The molecule has 0 saturated heterocycles. The van der Waals surface area contributed by atoms with Gasteiger partial charge in [-0.15, -0.1) is 0 Å². The van der Waals surface area contributed by atoms with Gasteiger partial charge in [0.15, 0.2) is 23.1 Å². The molecule has 154 valence electrons. The Morgan fingerprint density at radius 2 is 1.77 bits per heavy atom. The Hall–Kier alpha value is -3.79. The van der Waals surface area contributed by atoms with E-state index in [9.17, 15) is 22.8 Å². The van der Waals surface area contributed by atoms with Gasteiger partial charge in [0, 0.05) is 24.2 Å². The Kier molecular flexibility index (Phi) is 6.07. The number of hydrogen-bond donors (Lipinski definition) is 3. The molecular formula is C20H16F3N5O2. The van der Waals surface area contributed by atoms with E-state index >= 15 is 0 Å². The molecule has 5 N–H and O–H groups in total. The molecule has 2 amide bonds. The van der Waals surface area contributed by atoms with Crippen molar-refractivity contribution < 1.29 is 22.8 Å². The predicted molar refractivity (Wildman–Crippen MR) is 101 cm³/mol. The van der Waals surface area contributed by atoms with Crippen LogP contribution in [0.15, 0.2) is 42.6 Å². The summed E-state index contributed by atoms with van der Waals surface area (Å²) in [4.78, 5) is 32.2. The summed E-state index contributed by atoms with van der Waals surface area (Å²) in [5, 5.41) is 2.49. The van der Waals surface area contributed by atoms with Crippen molar-refractivity contribution >= 4 is 11.8 Å². The van der Waals surface area contributed by atoms with E-state index in [1.54, 1.807) is 12.1 Å². The van der Waals surface area contributed by atoms with Gasteiger partial charge in [-0.1, -0.05) is 12.1 Å². The highest BCUT2D eigenvalue weighted by atomic mass is 19.2. The molecule has 0 radical (unpaired) electrons. The summed E-state index contributed by atoms with van der Waals surface area (Å²) in [6.07, 6.45) is 1.40. The number of nitrogens with one attached hydrogen (secondary N) is 1. The summed E-state index contributed by atoms with van der Waals surface area (Å²) in [7, 11) is 0. The Balaban J connectivity index is 1.81. The number of hydrogen-bond acceptors (Lipinski definition) is 5. The van der Waals surface area contributed by atoms with E-state index < -0.39 is 29.3 Å². The van der Waals surface area contributed by atoms with Gasteiger partial charge in [0.05, 0.1) is 17.6 Å². The van der Waals surface area contributed by atoms with Crippen LogP contribution in [0, 0.1) is 17.5 Å². The first-order valence-corrected chi connectivity index (χ1v) is 8.68. The van der Waals surface area contributed by atoms with Gasteiger partial charge in [-0.05, 0) is 29.8 Å². The zero-order valence-electron chi connectivity index (χ0n) is 15.5. The fourth-order valence-electron chi connectivity index (χ4n) is 2.71. The van der Waals surface area contributed by atoms with Crippen LogP contribution in [-0.4, -0.2) is 21.8 Å². The van der Waals surface area contributed by atoms with Gasteiger partial charge >= 0.3 is 0 Å². The van der Waals surface area contributed by atoms with E-state index in [1.165, 1.54) is 18.3 Å². The van der Waals surface area contributed by atoms with Crippen molar-refractivity contribution in [2.45, 2.75) is 13.1 Å². The highest BCUT2D eigenvalue weighted by Crippen LogP contribution is 2.19. The molecule has 0 unspecified atom stereocenters. The summed E-state index contributed by atoms with van der Waals surface area (Å²) in [5.41, 5.74) is 12.1. The highest BCUT2D eigenvalue weighted by Gasteiger charge is 2.15. The summed E-state index contributed by atoms with van der Waals surface area (Å²) in [5.74, 6) is -5.58. The third kappa shape index (κ3) is 4.44. The SMILES string of the molecule is NCc1ncc(-c2cccc(C(=O)NCc3cc(F)c(F)c(F)c3)c2)nc1C(N)=O. The van der Waals surface area contributed by atoms with Crippen LogP contribution in [0.1, 0.15) is 32.1 Å². The van der Waals surface area contributed by atoms with Gasteiger partial charge in [-0.25, -0.2) is 18.2 Å². The molecule has 0 aliphatic carbocycles. The first kappa shape index (κ1) is 20.9. The zero-order valence-corrected chi connectivity index (χ0v) is 15.5. The van der Waals surface area contributed by atoms with Gasteiger partial charge in [-0.2, -0.15) is 0 Å². The van der Waals surface area contributed by atoms with Gasteiger partial charge in [-0.3, -0.25) is 14.6 Å². The monoisotopic (exact) mass is 415 g/mol. The molecule has 0 bridgehead atoms. The fraction of sp³-hybridized carbons (Fsp3) is 0.100. The van der Waals surface area contributed by atoms with Crippen molar-refractivity contribution in [1.29, 1.82) is 0 Å². The summed E-state index contributed by atoms with van der Waals surface area (Å²) in [6.45, 7) is -0.230. The van der Waals surface area contributed by atoms with E-state index in [0.29, 0.717) is 11.3 Å². The van der Waals surface area contributed by atoms with Crippen molar-refractivity contribution in [3.8, 4) is 11.3 Å². The van der Waals surface area contributed by atoms with Crippen LogP contribution in [0.2, 0.25) is 0 Å². The first-order chi connectivity index (χ1) is 14.3. The molecule has 3 rings (SSSR count). The maximum Gasteiger partial charge on any atom is 0.269 e. The smallest absolute Gasteiger partial charge is 0.269 e. The van der Waals surface area contributed by atoms with E-state index in [1.807, 2.05) is 0 Å². The number of carbonyl (C=O) groups excluding carboxylic acids is 2. The van der Waals surface area contributed by atoms with Crippen LogP contribution in [0.25, 0.3) is 11.3 Å². The average molecular weight is 415 g/mol. The molecule has 30 heavy (non-hydrogen) atoms. The standard InChI is InChI=1S/C20H16F3N5O2/c21-13-4-10(5-14(22)17(13)23)8-27-20(30)12-3-1-2-11(6-12)16-9-26-15(7-24)18(28-16)19(25)29/h1-6,9H,7-8,24H2,(H2,25,29)(H,27,30). The number of amides is 2. The van der Waals surface area contributed by atoms with Crippen molar-refractivity contribution in [2.75, 3.05) is 0 Å². The highest BCUT2D eigenvalue weighted by molar-refractivity contribution is 5.95. The molecular weight excluding hydrogens is 399 g/mol. The quantitative estimate of drug-likeness (QED) is 0.532. The molecule has 3 aromatic rings. The Morgan fingerprint density at radius 1 is 1.07 bits per heavy atom. The molecule has 0 spiro atoms.